The van der Waals surface area contributed by atoms with Crippen molar-refractivity contribution >= 4 is 8.80 Å². The number of aromatic nitrogens is 1. The van der Waals surface area contributed by atoms with Crippen LogP contribution in [-0.4, -0.2) is 30.1 Å². The standard InChI is InChI=1S/C14H26NO3Si/c1-5-14-10-6-7-11-15(14)12-8-9-13-19(16-2,17-3)18-4/h6-7,10-11H,5,8-9,12-13H2,1-4H3/q+1. The smallest absolute Gasteiger partial charge is 0.377 e. The summed E-state index contributed by atoms with van der Waals surface area (Å²) in [4.78, 5) is 0. The van der Waals surface area contributed by atoms with Crippen molar-refractivity contribution in [3.63, 3.8) is 0 Å². The summed E-state index contributed by atoms with van der Waals surface area (Å²) < 4.78 is 18.6. The Kier molecular flexibility index (Phi) is 7.23. The molecular weight excluding hydrogens is 258 g/mol. The zero-order valence-corrected chi connectivity index (χ0v) is 13.5. The van der Waals surface area contributed by atoms with Gasteiger partial charge in [-0.2, -0.15) is 0 Å². The van der Waals surface area contributed by atoms with E-state index in [1.165, 1.54) is 5.69 Å². The van der Waals surface area contributed by atoms with Crippen LogP contribution in [0.2, 0.25) is 6.04 Å². The van der Waals surface area contributed by atoms with E-state index in [9.17, 15) is 0 Å². The Balaban J connectivity index is 2.42. The summed E-state index contributed by atoms with van der Waals surface area (Å²) in [7, 11) is 2.61. The first-order valence-corrected chi connectivity index (χ1v) is 8.77. The van der Waals surface area contributed by atoms with Crippen molar-refractivity contribution in [2.75, 3.05) is 21.3 Å². The highest BCUT2D eigenvalue weighted by atomic mass is 28.4. The second-order valence-electron chi connectivity index (χ2n) is 4.49. The molecule has 19 heavy (non-hydrogen) atoms. The molecule has 0 saturated heterocycles. The predicted molar refractivity (Wildman–Crippen MR) is 76.8 cm³/mol. The van der Waals surface area contributed by atoms with Crippen molar-refractivity contribution in [3.05, 3.63) is 30.1 Å². The lowest BCUT2D eigenvalue weighted by Gasteiger charge is -2.23. The number of unbranched alkanes of at least 4 members (excludes halogenated alkanes) is 1. The highest BCUT2D eigenvalue weighted by Crippen LogP contribution is 2.16. The van der Waals surface area contributed by atoms with Crippen LogP contribution in [0.5, 0.6) is 0 Å². The number of rotatable bonds is 9. The molecule has 0 N–H and O–H groups in total. The molecule has 0 radical (unpaired) electrons. The molecule has 1 heterocycles. The van der Waals surface area contributed by atoms with Crippen molar-refractivity contribution in [1.82, 2.24) is 0 Å². The second kappa shape index (κ2) is 8.42. The molecule has 0 amide bonds. The van der Waals surface area contributed by atoms with Gasteiger partial charge in [0, 0.05) is 52.3 Å². The molecule has 0 aliphatic carbocycles. The largest absolute Gasteiger partial charge is 0.500 e. The molecule has 0 atom stereocenters. The summed E-state index contributed by atoms with van der Waals surface area (Å²) in [5.74, 6) is 0. The van der Waals surface area contributed by atoms with Crippen molar-refractivity contribution < 1.29 is 17.8 Å². The average molecular weight is 284 g/mol. The molecule has 1 aromatic rings. The Morgan fingerprint density at radius 1 is 1.05 bits per heavy atom. The van der Waals surface area contributed by atoms with Gasteiger partial charge < -0.3 is 13.3 Å². The van der Waals surface area contributed by atoms with Crippen LogP contribution in [0.15, 0.2) is 24.4 Å². The minimum Gasteiger partial charge on any atom is -0.377 e. The molecule has 4 nitrogen and oxygen atoms in total. The van der Waals surface area contributed by atoms with E-state index in [1.807, 2.05) is 0 Å². The van der Waals surface area contributed by atoms with Gasteiger partial charge in [0.15, 0.2) is 11.9 Å². The Labute approximate surface area is 117 Å². The van der Waals surface area contributed by atoms with Gasteiger partial charge in [0.25, 0.3) is 0 Å². The number of nitrogens with zero attached hydrogens (tertiary/aromatic N) is 1. The number of aryl methyl sites for hydroxylation is 2. The molecule has 0 aliphatic heterocycles. The molecule has 1 aromatic heterocycles. The van der Waals surface area contributed by atoms with Gasteiger partial charge in [0.05, 0.1) is 0 Å². The number of pyridine rings is 1. The number of hydrogen-bond donors (Lipinski definition) is 0. The van der Waals surface area contributed by atoms with E-state index in [-0.39, 0.29) is 0 Å². The summed E-state index contributed by atoms with van der Waals surface area (Å²) in [5, 5.41) is 0. The van der Waals surface area contributed by atoms with Gasteiger partial charge in [-0.1, -0.05) is 13.0 Å². The first-order valence-electron chi connectivity index (χ1n) is 6.84. The highest BCUT2D eigenvalue weighted by molar-refractivity contribution is 6.60. The van der Waals surface area contributed by atoms with E-state index in [2.05, 4.69) is 35.9 Å². The molecule has 1 rings (SSSR count). The van der Waals surface area contributed by atoms with E-state index in [0.29, 0.717) is 0 Å². The summed E-state index contributed by atoms with van der Waals surface area (Å²) in [6, 6.07) is 7.22. The maximum absolute atomic E-state index is 5.42. The minimum absolute atomic E-state index is 0.866. The zero-order valence-electron chi connectivity index (χ0n) is 12.5. The lowest BCUT2D eigenvalue weighted by atomic mass is 10.2. The van der Waals surface area contributed by atoms with Gasteiger partial charge in [0.2, 0.25) is 0 Å². The van der Waals surface area contributed by atoms with Crippen molar-refractivity contribution in [1.29, 1.82) is 0 Å². The molecule has 0 unspecified atom stereocenters. The zero-order chi connectivity index (χ0) is 14.1. The van der Waals surface area contributed by atoms with Gasteiger partial charge >= 0.3 is 8.80 Å². The summed E-state index contributed by atoms with van der Waals surface area (Å²) in [6.07, 6.45) is 5.36. The molecule has 5 heteroatoms. The van der Waals surface area contributed by atoms with E-state index >= 15 is 0 Å². The SMILES string of the molecule is CCc1cccc[n+]1CCCC[Si](OC)(OC)OC. The monoisotopic (exact) mass is 284 g/mol. The molecule has 0 fully saturated rings. The van der Waals surface area contributed by atoms with Crippen molar-refractivity contribution in [2.45, 2.75) is 38.8 Å². The van der Waals surface area contributed by atoms with Gasteiger partial charge in [-0.15, -0.1) is 0 Å². The van der Waals surface area contributed by atoms with Crippen LogP contribution in [0.3, 0.4) is 0 Å². The van der Waals surface area contributed by atoms with E-state index in [1.54, 1.807) is 21.3 Å². The van der Waals surface area contributed by atoms with Crippen LogP contribution in [0.25, 0.3) is 0 Å². The summed E-state index contributed by atoms with van der Waals surface area (Å²) in [5.41, 5.74) is 1.37. The maximum Gasteiger partial charge on any atom is 0.500 e. The van der Waals surface area contributed by atoms with Gasteiger partial charge in [-0.3, -0.25) is 0 Å². The van der Waals surface area contributed by atoms with Crippen LogP contribution in [0, 0.1) is 0 Å². The molecule has 0 aliphatic rings. The molecular formula is C14H26NO3Si+. The fourth-order valence-corrected chi connectivity index (χ4v) is 4.03. The Morgan fingerprint density at radius 2 is 1.74 bits per heavy atom. The minimum atomic E-state index is -2.39. The molecule has 0 aromatic carbocycles. The quantitative estimate of drug-likeness (QED) is 0.396. The topological polar surface area (TPSA) is 31.6 Å². The highest BCUT2D eigenvalue weighted by Gasteiger charge is 2.36. The van der Waals surface area contributed by atoms with Crippen LogP contribution >= 0.6 is 0 Å². The lowest BCUT2D eigenvalue weighted by molar-refractivity contribution is -0.704. The van der Waals surface area contributed by atoms with E-state index in [0.717, 1.165) is 31.9 Å². The molecule has 0 bridgehead atoms. The molecule has 108 valence electrons. The fourth-order valence-electron chi connectivity index (χ4n) is 2.23. The lowest BCUT2D eigenvalue weighted by Crippen LogP contribution is -2.43. The van der Waals surface area contributed by atoms with Gasteiger partial charge in [0.1, 0.15) is 6.54 Å². The summed E-state index contributed by atoms with van der Waals surface area (Å²) in [6.45, 7) is 3.22. The van der Waals surface area contributed by atoms with E-state index < -0.39 is 8.80 Å². The Morgan fingerprint density at radius 3 is 2.32 bits per heavy atom. The second-order valence-corrected chi connectivity index (χ2v) is 7.58. The first kappa shape index (κ1) is 16.3. The van der Waals surface area contributed by atoms with Crippen LogP contribution < -0.4 is 4.57 Å². The predicted octanol–water partition coefficient (Wildman–Crippen LogP) is 2.19. The normalized spacial score (nSPS) is 11.8. The Bertz CT molecular complexity index is 361. The van der Waals surface area contributed by atoms with Crippen molar-refractivity contribution in [3.8, 4) is 0 Å². The van der Waals surface area contributed by atoms with Gasteiger partial charge in [-0.25, -0.2) is 4.57 Å². The van der Waals surface area contributed by atoms with Crippen LogP contribution in [0.4, 0.5) is 0 Å². The van der Waals surface area contributed by atoms with Crippen LogP contribution in [-0.2, 0) is 26.2 Å². The molecule has 0 saturated carbocycles. The summed E-state index contributed by atoms with van der Waals surface area (Å²) >= 11 is 0. The molecule has 0 spiro atoms. The maximum atomic E-state index is 5.42. The van der Waals surface area contributed by atoms with E-state index in [4.69, 9.17) is 13.3 Å². The van der Waals surface area contributed by atoms with Crippen molar-refractivity contribution in [2.24, 2.45) is 0 Å². The number of hydrogen-bond acceptors (Lipinski definition) is 3. The average Bonchev–Trinajstić information content (AvgIpc) is 2.48. The third-order valence-electron chi connectivity index (χ3n) is 3.46. The fraction of sp³-hybridized carbons (Fsp3) is 0.643. The van der Waals surface area contributed by atoms with Gasteiger partial charge in [-0.05, 0) is 6.42 Å². The first-order chi connectivity index (χ1) is 9.21. The third-order valence-corrected chi connectivity index (χ3v) is 6.29. The Hall–Kier alpha value is -0.753. The van der Waals surface area contributed by atoms with Crippen LogP contribution in [0.1, 0.15) is 25.5 Å². The third kappa shape index (κ3) is 4.69.